The molecule has 2 amide bonds. The molecule has 1 atom stereocenters. The number of carbonyl (C=O) groups is 2. The van der Waals surface area contributed by atoms with Crippen LogP contribution in [0.3, 0.4) is 0 Å². The van der Waals surface area contributed by atoms with Gasteiger partial charge in [-0.25, -0.2) is 14.9 Å². The second-order valence-corrected chi connectivity index (χ2v) is 6.94. The van der Waals surface area contributed by atoms with Crippen LogP contribution in [0.5, 0.6) is 0 Å². The van der Waals surface area contributed by atoms with E-state index >= 15 is 0 Å². The second kappa shape index (κ2) is 6.47. The average molecular weight is 368 g/mol. The Morgan fingerprint density at radius 1 is 1.22 bits per heavy atom. The van der Waals surface area contributed by atoms with E-state index in [1.807, 2.05) is 6.92 Å². The van der Waals surface area contributed by atoms with Crippen LogP contribution in [-0.4, -0.2) is 27.0 Å². The second-order valence-electron chi connectivity index (χ2n) is 4.96. The number of anilines is 1. The van der Waals surface area contributed by atoms with E-state index in [9.17, 15) is 9.59 Å². The highest BCUT2D eigenvalue weighted by molar-refractivity contribution is 8.00. The van der Waals surface area contributed by atoms with Gasteiger partial charge >= 0.3 is 0 Å². The number of amides is 2. The molecule has 2 aromatic rings. The number of hydrogen-bond donors (Lipinski definition) is 0. The number of carbonyl (C=O) groups excluding carboxylic acids is 2. The van der Waals surface area contributed by atoms with Gasteiger partial charge in [0.15, 0.2) is 5.16 Å². The van der Waals surface area contributed by atoms with Gasteiger partial charge in [0, 0.05) is 18.3 Å². The van der Waals surface area contributed by atoms with Gasteiger partial charge in [0.2, 0.25) is 11.8 Å². The van der Waals surface area contributed by atoms with Crippen molar-refractivity contribution in [2.24, 2.45) is 0 Å². The first-order chi connectivity index (χ1) is 11.0. The van der Waals surface area contributed by atoms with Crippen molar-refractivity contribution in [2.45, 2.75) is 23.8 Å². The predicted molar refractivity (Wildman–Crippen MR) is 90.0 cm³/mol. The lowest BCUT2D eigenvalue weighted by atomic mass is 10.3. The van der Waals surface area contributed by atoms with Crippen LogP contribution in [-0.2, 0) is 9.59 Å². The van der Waals surface area contributed by atoms with Gasteiger partial charge in [-0.2, -0.15) is 0 Å². The monoisotopic (exact) mass is 367 g/mol. The number of hydrogen-bond acceptors (Lipinski definition) is 5. The molecule has 0 radical (unpaired) electrons. The molecule has 1 unspecified atom stereocenters. The zero-order valence-corrected chi connectivity index (χ0v) is 14.3. The van der Waals surface area contributed by atoms with Crippen LogP contribution in [0.15, 0.2) is 35.6 Å². The molecular formula is C15H11Cl2N3O2S. The maximum absolute atomic E-state index is 12.6. The summed E-state index contributed by atoms with van der Waals surface area (Å²) in [7, 11) is 0. The molecular weight excluding hydrogens is 357 g/mol. The zero-order valence-electron chi connectivity index (χ0n) is 12.0. The molecule has 1 aromatic heterocycles. The molecule has 0 bridgehead atoms. The van der Waals surface area contributed by atoms with Crippen molar-refractivity contribution in [1.29, 1.82) is 0 Å². The van der Waals surface area contributed by atoms with Gasteiger partial charge in [0.05, 0.1) is 15.7 Å². The number of aryl methyl sites for hydroxylation is 1. The quantitative estimate of drug-likeness (QED) is 0.613. The minimum Gasteiger partial charge on any atom is -0.274 e. The number of thioether (sulfide) groups is 1. The van der Waals surface area contributed by atoms with Crippen molar-refractivity contribution in [3.05, 3.63) is 46.2 Å². The highest BCUT2D eigenvalue weighted by Crippen LogP contribution is 2.34. The van der Waals surface area contributed by atoms with Gasteiger partial charge in [0.25, 0.3) is 0 Å². The number of halogens is 2. The number of imide groups is 1. The van der Waals surface area contributed by atoms with Gasteiger partial charge in [-0.3, -0.25) is 9.59 Å². The fourth-order valence-corrected chi connectivity index (χ4v) is 3.50. The third kappa shape index (κ3) is 3.34. The van der Waals surface area contributed by atoms with E-state index in [4.69, 9.17) is 23.2 Å². The van der Waals surface area contributed by atoms with E-state index in [1.165, 1.54) is 17.8 Å². The Bertz CT molecular complexity index is 800. The van der Waals surface area contributed by atoms with Crippen LogP contribution >= 0.6 is 35.0 Å². The molecule has 8 heteroatoms. The maximum Gasteiger partial charge on any atom is 0.247 e. The molecule has 1 saturated heterocycles. The summed E-state index contributed by atoms with van der Waals surface area (Å²) >= 11 is 13.0. The third-order valence-electron chi connectivity index (χ3n) is 3.29. The van der Waals surface area contributed by atoms with Crippen LogP contribution in [0.25, 0.3) is 0 Å². The average Bonchev–Trinajstić information content (AvgIpc) is 2.77. The number of rotatable bonds is 3. The summed E-state index contributed by atoms with van der Waals surface area (Å²) in [4.78, 5) is 34.3. The first kappa shape index (κ1) is 16.2. The summed E-state index contributed by atoms with van der Waals surface area (Å²) in [5, 5.41) is 0.599. The van der Waals surface area contributed by atoms with Crippen molar-refractivity contribution < 1.29 is 9.59 Å². The van der Waals surface area contributed by atoms with E-state index < -0.39 is 5.25 Å². The molecule has 5 nitrogen and oxygen atoms in total. The van der Waals surface area contributed by atoms with Crippen molar-refractivity contribution in [2.75, 3.05) is 4.90 Å². The summed E-state index contributed by atoms with van der Waals surface area (Å²) < 4.78 is 0. The SMILES string of the molecule is Cc1ccnc(SC2CC(=O)N(c3ccc(Cl)c(Cl)c3)C2=O)n1. The lowest BCUT2D eigenvalue weighted by Crippen LogP contribution is -2.31. The summed E-state index contributed by atoms with van der Waals surface area (Å²) in [5.41, 5.74) is 1.23. The minimum atomic E-state index is -0.543. The first-order valence-corrected chi connectivity index (χ1v) is 8.37. The Kier molecular flexibility index (Phi) is 4.57. The minimum absolute atomic E-state index is 0.0983. The van der Waals surface area contributed by atoms with Gasteiger partial charge in [-0.1, -0.05) is 35.0 Å². The molecule has 0 N–H and O–H groups in total. The van der Waals surface area contributed by atoms with Crippen LogP contribution in [0.2, 0.25) is 10.0 Å². The first-order valence-electron chi connectivity index (χ1n) is 6.74. The smallest absolute Gasteiger partial charge is 0.247 e. The highest BCUT2D eigenvalue weighted by Gasteiger charge is 2.40. The van der Waals surface area contributed by atoms with E-state index in [0.29, 0.717) is 20.9 Å². The van der Waals surface area contributed by atoms with Crippen molar-refractivity contribution in [3.8, 4) is 0 Å². The Morgan fingerprint density at radius 2 is 2.00 bits per heavy atom. The fraction of sp³-hybridized carbons (Fsp3) is 0.200. The topological polar surface area (TPSA) is 63.2 Å². The van der Waals surface area contributed by atoms with E-state index in [1.54, 1.807) is 24.4 Å². The van der Waals surface area contributed by atoms with Crippen LogP contribution < -0.4 is 4.90 Å². The predicted octanol–water partition coefficient (Wildman–Crippen LogP) is 3.52. The molecule has 1 aliphatic rings. The highest BCUT2D eigenvalue weighted by atomic mass is 35.5. The van der Waals surface area contributed by atoms with Crippen molar-refractivity contribution in [3.63, 3.8) is 0 Å². The molecule has 0 saturated carbocycles. The van der Waals surface area contributed by atoms with E-state index in [0.717, 1.165) is 10.6 Å². The zero-order chi connectivity index (χ0) is 16.6. The normalized spacial score (nSPS) is 17.9. The molecule has 3 rings (SSSR count). The van der Waals surface area contributed by atoms with Gasteiger partial charge in [-0.05, 0) is 31.2 Å². The molecule has 118 valence electrons. The van der Waals surface area contributed by atoms with E-state index in [-0.39, 0.29) is 18.2 Å². The summed E-state index contributed by atoms with van der Waals surface area (Å²) in [6.07, 6.45) is 1.73. The molecule has 1 fully saturated rings. The Balaban J connectivity index is 1.83. The van der Waals surface area contributed by atoms with Crippen LogP contribution in [0.1, 0.15) is 12.1 Å². The third-order valence-corrected chi connectivity index (χ3v) is 5.09. The van der Waals surface area contributed by atoms with E-state index in [2.05, 4.69) is 9.97 Å². The Labute approximate surface area is 147 Å². The summed E-state index contributed by atoms with van der Waals surface area (Å²) in [5.74, 6) is -0.581. The standard InChI is InChI=1S/C15H11Cl2N3O2S/c1-8-4-5-18-15(19-8)23-12-7-13(21)20(14(12)22)9-2-3-10(16)11(17)6-9/h2-6,12H,7H2,1H3. The number of benzene rings is 1. The molecule has 0 aliphatic carbocycles. The van der Waals surface area contributed by atoms with Gasteiger partial charge < -0.3 is 0 Å². The maximum atomic E-state index is 12.6. The molecule has 1 aromatic carbocycles. The fourth-order valence-electron chi connectivity index (χ4n) is 2.20. The van der Waals surface area contributed by atoms with Crippen molar-refractivity contribution in [1.82, 2.24) is 9.97 Å². The van der Waals surface area contributed by atoms with Gasteiger partial charge in [-0.15, -0.1) is 0 Å². The largest absolute Gasteiger partial charge is 0.274 e. The number of nitrogens with zero attached hydrogens (tertiary/aromatic N) is 3. The lowest BCUT2D eigenvalue weighted by molar-refractivity contribution is -0.121. The molecule has 23 heavy (non-hydrogen) atoms. The number of aromatic nitrogens is 2. The van der Waals surface area contributed by atoms with Crippen LogP contribution in [0.4, 0.5) is 5.69 Å². The van der Waals surface area contributed by atoms with Crippen molar-refractivity contribution >= 4 is 52.5 Å². The molecule has 2 heterocycles. The Morgan fingerprint density at radius 3 is 2.70 bits per heavy atom. The van der Waals surface area contributed by atoms with Gasteiger partial charge in [0.1, 0.15) is 5.25 Å². The summed E-state index contributed by atoms with van der Waals surface area (Å²) in [6, 6.07) is 6.44. The lowest BCUT2D eigenvalue weighted by Gasteiger charge is -2.15. The molecule has 1 aliphatic heterocycles. The summed E-state index contributed by atoms with van der Waals surface area (Å²) in [6.45, 7) is 1.84. The molecule has 0 spiro atoms. The Hall–Kier alpha value is -1.63. The van der Waals surface area contributed by atoms with Crippen LogP contribution in [0, 0.1) is 6.92 Å².